The van der Waals surface area contributed by atoms with Crippen molar-refractivity contribution in [2.24, 2.45) is 11.8 Å². The number of hydrogen-bond acceptors (Lipinski definition) is 2. The van der Waals surface area contributed by atoms with E-state index in [2.05, 4.69) is 28.7 Å². The summed E-state index contributed by atoms with van der Waals surface area (Å²) in [6.45, 7) is 6.81. The first-order valence-electron chi connectivity index (χ1n) is 6.95. The van der Waals surface area contributed by atoms with Crippen molar-refractivity contribution in [2.45, 2.75) is 52.1 Å². The highest BCUT2D eigenvalue weighted by Gasteiger charge is 2.23. The second kappa shape index (κ2) is 6.20. The van der Waals surface area contributed by atoms with Gasteiger partial charge in [0.05, 0.1) is 6.33 Å². The lowest BCUT2D eigenvalue weighted by Crippen LogP contribution is -2.37. The lowest BCUT2D eigenvalue weighted by Gasteiger charge is -2.32. The van der Waals surface area contributed by atoms with Crippen LogP contribution in [0.4, 0.5) is 0 Å². The van der Waals surface area contributed by atoms with E-state index >= 15 is 0 Å². The Labute approximate surface area is 105 Å². The van der Waals surface area contributed by atoms with Gasteiger partial charge in [-0.2, -0.15) is 0 Å². The van der Waals surface area contributed by atoms with Crippen LogP contribution in [0.5, 0.6) is 0 Å². The molecular formula is C14H25N3. The summed E-state index contributed by atoms with van der Waals surface area (Å²) in [7, 11) is 0. The Hall–Kier alpha value is -0.830. The Morgan fingerprint density at radius 1 is 1.41 bits per heavy atom. The van der Waals surface area contributed by atoms with Crippen LogP contribution in [0.25, 0.3) is 0 Å². The SMILES string of the molecule is CC(C)C1CCCC(NCCn2ccnc2)C1. The minimum absolute atomic E-state index is 0.736. The van der Waals surface area contributed by atoms with Gasteiger partial charge in [-0.25, -0.2) is 4.98 Å². The monoisotopic (exact) mass is 235 g/mol. The number of nitrogens with zero attached hydrogens (tertiary/aromatic N) is 2. The third-order valence-corrected chi connectivity index (χ3v) is 4.02. The summed E-state index contributed by atoms with van der Waals surface area (Å²) in [5.74, 6) is 1.77. The van der Waals surface area contributed by atoms with Gasteiger partial charge in [0.25, 0.3) is 0 Å². The molecule has 0 spiro atoms. The Morgan fingerprint density at radius 2 is 2.29 bits per heavy atom. The Balaban J connectivity index is 1.68. The van der Waals surface area contributed by atoms with Gasteiger partial charge >= 0.3 is 0 Å². The molecule has 2 rings (SSSR count). The van der Waals surface area contributed by atoms with E-state index < -0.39 is 0 Å². The number of nitrogens with one attached hydrogen (secondary N) is 1. The van der Waals surface area contributed by atoms with Gasteiger partial charge in [-0.1, -0.05) is 26.7 Å². The molecule has 3 nitrogen and oxygen atoms in total. The lowest BCUT2D eigenvalue weighted by molar-refractivity contribution is 0.230. The first-order valence-corrected chi connectivity index (χ1v) is 6.95. The molecule has 1 aliphatic rings. The highest BCUT2D eigenvalue weighted by Crippen LogP contribution is 2.29. The first kappa shape index (κ1) is 12.6. The van der Waals surface area contributed by atoms with Crippen LogP contribution in [0.15, 0.2) is 18.7 Å². The molecule has 1 aromatic rings. The highest BCUT2D eigenvalue weighted by molar-refractivity contribution is 4.80. The Kier molecular flexibility index (Phi) is 4.60. The van der Waals surface area contributed by atoms with E-state index in [1.165, 1.54) is 25.7 Å². The van der Waals surface area contributed by atoms with Gasteiger partial charge in [0.15, 0.2) is 0 Å². The van der Waals surface area contributed by atoms with Crippen LogP contribution in [0.2, 0.25) is 0 Å². The zero-order valence-corrected chi connectivity index (χ0v) is 11.1. The van der Waals surface area contributed by atoms with E-state index in [0.717, 1.165) is 31.0 Å². The summed E-state index contributed by atoms with van der Waals surface area (Å²) in [5, 5.41) is 3.70. The molecule has 17 heavy (non-hydrogen) atoms. The van der Waals surface area contributed by atoms with Crippen molar-refractivity contribution in [3.05, 3.63) is 18.7 Å². The number of aromatic nitrogens is 2. The number of imidazole rings is 1. The van der Waals surface area contributed by atoms with E-state index in [1.54, 1.807) is 0 Å². The van der Waals surface area contributed by atoms with Crippen LogP contribution >= 0.6 is 0 Å². The molecule has 3 heteroatoms. The number of rotatable bonds is 5. The van der Waals surface area contributed by atoms with Crippen LogP contribution in [0.3, 0.4) is 0 Å². The molecule has 0 amide bonds. The van der Waals surface area contributed by atoms with E-state index in [-0.39, 0.29) is 0 Å². The van der Waals surface area contributed by atoms with Crippen LogP contribution in [-0.2, 0) is 6.54 Å². The molecule has 1 N–H and O–H groups in total. The quantitative estimate of drug-likeness (QED) is 0.850. The van der Waals surface area contributed by atoms with E-state index in [4.69, 9.17) is 0 Å². The highest BCUT2D eigenvalue weighted by atomic mass is 15.0. The summed E-state index contributed by atoms with van der Waals surface area (Å²) in [6.07, 6.45) is 11.3. The molecule has 1 aromatic heterocycles. The standard InChI is InChI=1S/C14H25N3/c1-12(2)13-4-3-5-14(10-13)16-7-9-17-8-6-15-11-17/h6,8,11-14,16H,3-5,7,9-10H2,1-2H3. The van der Waals surface area contributed by atoms with Gasteiger partial charge < -0.3 is 9.88 Å². The molecule has 0 aliphatic heterocycles. The van der Waals surface area contributed by atoms with E-state index in [1.807, 2.05) is 18.7 Å². The molecule has 0 bridgehead atoms. The van der Waals surface area contributed by atoms with Gasteiger partial charge in [-0.15, -0.1) is 0 Å². The smallest absolute Gasteiger partial charge is 0.0946 e. The molecule has 1 heterocycles. The van der Waals surface area contributed by atoms with E-state index in [9.17, 15) is 0 Å². The Morgan fingerprint density at radius 3 is 3.00 bits per heavy atom. The molecule has 1 fully saturated rings. The Bertz CT molecular complexity index is 305. The minimum atomic E-state index is 0.736. The van der Waals surface area contributed by atoms with Gasteiger partial charge in [0.2, 0.25) is 0 Å². The van der Waals surface area contributed by atoms with Crippen molar-refractivity contribution < 1.29 is 0 Å². The predicted molar refractivity (Wildman–Crippen MR) is 70.8 cm³/mol. The van der Waals surface area contributed by atoms with Crippen molar-refractivity contribution in [1.82, 2.24) is 14.9 Å². The third-order valence-electron chi connectivity index (χ3n) is 4.02. The van der Waals surface area contributed by atoms with Gasteiger partial charge in [-0.05, 0) is 24.7 Å². The van der Waals surface area contributed by atoms with E-state index in [0.29, 0.717) is 0 Å². The maximum absolute atomic E-state index is 4.06. The first-order chi connectivity index (χ1) is 8.25. The minimum Gasteiger partial charge on any atom is -0.336 e. The largest absolute Gasteiger partial charge is 0.336 e. The zero-order valence-electron chi connectivity index (χ0n) is 11.1. The molecule has 96 valence electrons. The van der Waals surface area contributed by atoms with Crippen LogP contribution in [0.1, 0.15) is 39.5 Å². The predicted octanol–water partition coefficient (Wildman–Crippen LogP) is 2.69. The second-order valence-corrected chi connectivity index (χ2v) is 5.62. The maximum Gasteiger partial charge on any atom is 0.0946 e. The molecule has 2 atom stereocenters. The molecular weight excluding hydrogens is 210 g/mol. The van der Waals surface area contributed by atoms with Crippen molar-refractivity contribution in [1.29, 1.82) is 0 Å². The summed E-state index contributed by atoms with van der Waals surface area (Å²) < 4.78 is 2.13. The fourth-order valence-corrected chi connectivity index (χ4v) is 2.84. The van der Waals surface area contributed by atoms with Crippen molar-refractivity contribution in [2.75, 3.05) is 6.54 Å². The summed E-state index contributed by atoms with van der Waals surface area (Å²) >= 11 is 0. The fraction of sp³-hybridized carbons (Fsp3) is 0.786. The summed E-state index contributed by atoms with van der Waals surface area (Å²) in [6, 6.07) is 0.736. The number of hydrogen-bond donors (Lipinski definition) is 1. The van der Waals surface area contributed by atoms with Crippen molar-refractivity contribution >= 4 is 0 Å². The van der Waals surface area contributed by atoms with Gasteiger partial charge in [-0.3, -0.25) is 0 Å². The topological polar surface area (TPSA) is 29.9 Å². The average Bonchev–Trinajstić information content (AvgIpc) is 2.82. The molecule has 0 radical (unpaired) electrons. The maximum atomic E-state index is 4.06. The molecule has 2 unspecified atom stereocenters. The van der Waals surface area contributed by atoms with Crippen LogP contribution in [0, 0.1) is 11.8 Å². The fourth-order valence-electron chi connectivity index (χ4n) is 2.84. The van der Waals surface area contributed by atoms with Crippen LogP contribution < -0.4 is 5.32 Å². The molecule has 0 saturated heterocycles. The second-order valence-electron chi connectivity index (χ2n) is 5.62. The molecule has 0 aromatic carbocycles. The van der Waals surface area contributed by atoms with Gasteiger partial charge in [0.1, 0.15) is 0 Å². The normalized spacial score (nSPS) is 25.4. The van der Waals surface area contributed by atoms with Crippen molar-refractivity contribution in [3.63, 3.8) is 0 Å². The van der Waals surface area contributed by atoms with Crippen LogP contribution in [-0.4, -0.2) is 22.1 Å². The lowest BCUT2D eigenvalue weighted by atomic mass is 9.79. The molecule has 1 aliphatic carbocycles. The molecule has 1 saturated carbocycles. The summed E-state index contributed by atoms with van der Waals surface area (Å²) in [5.41, 5.74) is 0. The van der Waals surface area contributed by atoms with Crippen molar-refractivity contribution in [3.8, 4) is 0 Å². The zero-order chi connectivity index (χ0) is 12.1. The summed E-state index contributed by atoms with van der Waals surface area (Å²) in [4.78, 5) is 4.06. The third kappa shape index (κ3) is 3.84. The van der Waals surface area contributed by atoms with Gasteiger partial charge in [0, 0.05) is 31.5 Å². The average molecular weight is 235 g/mol.